The van der Waals surface area contributed by atoms with E-state index < -0.39 is 11.7 Å². The van der Waals surface area contributed by atoms with Crippen LogP contribution in [0.2, 0.25) is 0 Å². The van der Waals surface area contributed by atoms with Gasteiger partial charge in [-0.2, -0.15) is 0 Å². The van der Waals surface area contributed by atoms with E-state index in [1.54, 1.807) is 6.07 Å². The van der Waals surface area contributed by atoms with E-state index in [1.807, 2.05) is 37.2 Å². The molecule has 6 heteroatoms. The van der Waals surface area contributed by atoms with E-state index in [1.165, 1.54) is 24.7 Å². The monoisotopic (exact) mass is 411 g/mol. The van der Waals surface area contributed by atoms with Gasteiger partial charge in [0.2, 0.25) is 5.91 Å². The molecule has 0 aromatic heterocycles. The van der Waals surface area contributed by atoms with Crippen LogP contribution in [0.25, 0.3) is 0 Å². The molecule has 0 heterocycles. The number of halogens is 1. The molecule has 2 aromatic carbocycles. The lowest BCUT2D eigenvalue weighted by Crippen LogP contribution is -2.42. The second-order valence-electron chi connectivity index (χ2n) is 8.50. The number of amides is 2. The molecule has 5 nitrogen and oxygen atoms in total. The lowest BCUT2D eigenvalue weighted by Gasteiger charge is -2.25. The fourth-order valence-electron chi connectivity index (χ4n) is 3.94. The number of carbonyl (C=O) groups is 2. The first kappa shape index (κ1) is 22.0. The first-order valence-corrected chi connectivity index (χ1v) is 10.3. The van der Waals surface area contributed by atoms with Gasteiger partial charge in [0.15, 0.2) is 0 Å². The zero-order chi connectivity index (χ0) is 21.9. The summed E-state index contributed by atoms with van der Waals surface area (Å²) in [5.74, 6) is -0.937. The Hall–Kier alpha value is -2.73. The number of hydrogen-bond acceptors (Lipinski definition) is 3. The number of hydrogen-bond donors (Lipinski definition) is 2. The first-order valence-electron chi connectivity index (χ1n) is 10.3. The molecular weight excluding hydrogens is 381 g/mol. The summed E-state index contributed by atoms with van der Waals surface area (Å²) in [4.78, 5) is 26.4. The summed E-state index contributed by atoms with van der Waals surface area (Å²) >= 11 is 0. The minimum atomic E-state index is -0.537. The van der Waals surface area contributed by atoms with E-state index >= 15 is 0 Å². The Morgan fingerprint density at radius 1 is 1.20 bits per heavy atom. The summed E-state index contributed by atoms with van der Waals surface area (Å²) in [6.45, 7) is 2.61. The Morgan fingerprint density at radius 2 is 1.90 bits per heavy atom. The maximum atomic E-state index is 14.3. The van der Waals surface area contributed by atoms with Crippen molar-refractivity contribution in [2.75, 3.05) is 27.7 Å². The number of likely N-dealkylation sites (N-methyl/N-ethyl adjacent to an activating group) is 1. The predicted molar refractivity (Wildman–Crippen MR) is 116 cm³/mol. The standard InChI is InChI=1S/C24H30FN3O2/c1-24(17-8-6-5-7-9-17)14-20(24)23(30)27-15-18(28(3)4)12-16-10-11-19(21(25)13-16)22(29)26-2/h5-11,13,18,20H,12,14-15H2,1-4H3,(H,26,29)(H,27,30)/t18?,20-,24-/m0/s1. The van der Waals surface area contributed by atoms with E-state index in [0.29, 0.717) is 13.0 Å². The van der Waals surface area contributed by atoms with Crippen molar-refractivity contribution < 1.29 is 14.0 Å². The van der Waals surface area contributed by atoms with Crippen molar-refractivity contribution >= 4 is 11.8 Å². The second-order valence-corrected chi connectivity index (χ2v) is 8.50. The summed E-state index contributed by atoms with van der Waals surface area (Å²) in [7, 11) is 5.36. The number of carbonyl (C=O) groups excluding carboxylic acids is 2. The fourth-order valence-corrected chi connectivity index (χ4v) is 3.94. The van der Waals surface area contributed by atoms with Crippen LogP contribution in [0.5, 0.6) is 0 Å². The summed E-state index contributed by atoms with van der Waals surface area (Å²) in [6, 6.07) is 14.8. The quantitative estimate of drug-likeness (QED) is 0.702. The molecule has 1 saturated carbocycles. The van der Waals surface area contributed by atoms with Crippen molar-refractivity contribution in [3.8, 4) is 0 Å². The van der Waals surface area contributed by atoms with Gasteiger partial charge in [-0.25, -0.2) is 4.39 Å². The van der Waals surface area contributed by atoms with Crippen molar-refractivity contribution in [3.63, 3.8) is 0 Å². The third-order valence-electron chi connectivity index (χ3n) is 6.21. The Kier molecular flexibility index (Phi) is 6.56. The predicted octanol–water partition coefficient (Wildman–Crippen LogP) is 2.75. The summed E-state index contributed by atoms with van der Waals surface area (Å²) in [5, 5.41) is 5.52. The fraction of sp³-hybridized carbons (Fsp3) is 0.417. The highest BCUT2D eigenvalue weighted by Gasteiger charge is 2.55. The smallest absolute Gasteiger partial charge is 0.253 e. The molecule has 0 saturated heterocycles. The van der Waals surface area contributed by atoms with Gasteiger partial charge in [0, 0.05) is 31.0 Å². The SMILES string of the molecule is CNC(=O)c1ccc(CC(CNC(=O)[C@@H]2C[C@@]2(C)c2ccccc2)N(C)C)cc1F. The maximum absolute atomic E-state index is 14.3. The van der Waals surface area contributed by atoms with Crippen LogP contribution in [-0.4, -0.2) is 50.4 Å². The molecule has 30 heavy (non-hydrogen) atoms. The number of benzene rings is 2. The minimum Gasteiger partial charge on any atom is -0.355 e. The van der Waals surface area contributed by atoms with Crippen LogP contribution >= 0.6 is 0 Å². The Bertz CT molecular complexity index is 916. The average molecular weight is 412 g/mol. The highest BCUT2D eigenvalue weighted by atomic mass is 19.1. The average Bonchev–Trinajstić information content (AvgIpc) is 3.44. The largest absolute Gasteiger partial charge is 0.355 e. The van der Waals surface area contributed by atoms with Crippen LogP contribution < -0.4 is 10.6 Å². The molecule has 2 N–H and O–H groups in total. The van der Waals surface area contributed by atoms with Crippen LogP contribution in [-0.2, 0) is 16.6 Å². The Labute approximate surface area is 177 Å². The maximum Gasteiger partial charge on any atom is 0.253 e. The van der Waals surface area contributed by atoms with Crippen LogP contribution in [0.1, 0.15) is 34.8 Å². The zero-order valence-corrected chi connectivity index (χ0v) is 18.0. The van der Waals surface area contributed by atoms with Crippen molar-refractivity contribution in [1.29, 1.82) is 0 Å². The van der Waals surface area contributed by atoms with Crippen molar-refractivity contribution in [2.24, 2.45) is 5.92 Å². The first-order chi connectivity index (χ1) is 14.3. The van der Waals surface area contributed by atoms with E-state index in [-0.39, 0.29) is 28.8 Å². The van der Waals surface area contributed by atoms with Gasteiger partial charge in [-0.15, -0.1) is 0 Å². The summed E-state index contributed by atoms with van der Waals surface area (Å²) in [5.41, 5.74) is 1.91. The lowest BCUT2D eigenvalue weighted by molar-refractivity contribution is -0.122. The molecule has 3 atom stereocenters. The van der Waals surface area contributed by atoms with Crippen molar-refractivity contribution in [3.05, 3.63) is 71.0 Å². The molecule has 2 aromatic rings. The Morgan fingerprint density at radius 3 is 2.50 bits per heavy atom. The van der Waals surface area contributed by atoms with Crippen LogP contribution in [0.15, 0.2) is 48.5 Å². The Balaban J connectivity index is 1.60. The van der Waals surface area contributed by atoms with E-state index in [9.17, 15) is 14.0 Å². The van der Waals surface area contributed by atoms with Crippen LogP contribution in [0.4, 0.5) is 4.39 Å². The molecule has 0 spiro atoms. The van der Waals surface area contributed by atoms with Crippen molar-refractivity contribution in [2.45, 2.75) is 31.2 Å². The highest BCUT2D eigenvalue weighted by Crippen LogP contribution is 2.53. The minimum absolute atomic E-state index is 0.0148. The van der Waals surface area contributed by atoms with E-state index in [2.05, 4.69) is 29.7 Å². The lowest BCUT2D eigenvalue weighted by atomic mass is 9.95. The van der Waals surface area contributed by atoms with Gasteiger partial charge in [-0.3, -0.25) is 9.59 Å². The summed E-state index contributed by atoms with van der Waals surface area (Å²) < 4.78 is 14.3. The zero-order valence-electron chi connectivity index (χ0n) is 18.0. The third-order valence-corrected chi connectivity index (χ3v) is 6.21. The normalized spacial score (nSPS) is 21.2. The van der Waals surface area contributed by atoms with Gasteiger partial charge < -0.3 is 15.5 Å². The van der Waals surface area contributed by atoms with Crippen LogP contribution in [0.3, 0.4) is 0 Å². The summed E-state index contributed by atoms with van der Waals surface area (Å²) in [6.07, 6.45) is 1.42. The topological polar surface area (TPSA) is 61.4 Å². The molecule has 1 aliphatic rings. The van der Waals surface area contributed by atoms with E-state index in [4.69, 9.17) is 0 Å². The van der Waals surface area contributed by atoms with Gasteiger partial charge in [0.05, 0.1) is 5.56 Å². The van der Waals surface area contributed by atoms with Crippen molar-refractivity contribution in [1.82, 2.24) is 15.5 Å². The molecule has 0 radical (unpaired) electrons. The second kappa shape index (κ2) is 8.96. The highest BCUT2D eigenvalue weighted by molar-refractivity contribution is 5.94. The number of nitrogens with zero attached hydrogens (tertiary/aromatic N) is 1. The molecule has 1 fully saturated rings. The van der Waals surface area contributed by atoms with Gasteiger partial charge in [0.1, 0.15) is 5.82 Å². The molecule has 160 valence electrons. The van der Waals surface area contributed by atoms with Gasteiger partial charge in [-0.05, 0) is 50.2 Å². The molecule has 0 bridgehead atoms. The van der Waals surface area contributed by atoms with Gasteiger partial charge in [0.25, 0.3) is 5.91 Å². The number of rotatable bonds is 8. The van der Waals surface area contributed by atoms with E-state index in [0.717, 1.165) is 12.0 Å². The molecule has 0 aliphatic heterocycles. The molecular formula is C24H30FN3O2. The van der Waals surface area contributed by atoms with Crippen LogP contribution in [0, 0.1) is 11.7 Å². The molecule has 1 unspecified atom stereocenters. The molecule has 3 rings (SSSR count). The molecule has 2 amide bonds. The van der Waals surface area contributed by atoms with Gasteiger partial charge in [-0.1, -0.05) is 43.3 Å². The van der Waals surface area contributed by atoms with Gasteiger partial charge >= 0.3 is 0 Å². The number of nitrogens with one attached hydrogen (secondary N) is 2. The third kappa shape index (κ3) is 4.70. The molecule has 1 aliphatic carbocycles.